The Morgan fingerprint density at radius 1 is 1.57 bits per heavy atom. The Morgan fingerprint density at radius 3 is 2.43 bits per heavy atom. The lowest BCUT2D eigenvalue weighted by Crippen LogP contribution is -2.42. The van der Waals surface area contributed by atoms with Crippen LogP contribution in [0.5, 0.6) is 0 Å². The molecule has 0 saturated carbocycles. The lowest BCUT2D eigenvalue weighted by atomic mass is 9.93. The van der Waals surface area contributed by atoms with Gasteiger partial charge in [0.2, 0.25) is 5.91 Å². The quantitative estimate of drug-likeness (QED) is 0.754. The molecule has 0 rings (SSSR count). The first-order valence-electron chi connectivity index (χ1n) is 4.82. The number of rotatable bonds is 5. The van der Waals surface area contributed by atoms with Gasteiger partial charge in [-0.3, -0.25) is 4.79 Å². The lowest BCUT2D eigenvalue weighted by Gasteiger charge is -2.30. The van der Waals surface area contributed by atoms with E-state index in [1.165, 1.54) is 0 Å². The number of thioether (sulfide) groups is 1. The Balaban J connectivity index is 4.21. The van der Waals surface area contributed by atoms with Crippen LogP contribution in [0.15, 0.2) is 0 Å². The Kier molecular flexibility index (Phi) is 5.52. The molecule has 0 aromatic carbocycles. The zero-order valence-electron chi connectivity index (χ0n) is 9.83. The third-order valence-corrected chi connectivity index (χ3v) is 3.20. The summed E-state index contributed by atoms with van der Waals surface area (Å²) in [4.78, 5) is 13.5. The Bertz CT molecular complexity index is 195. The zero-order valence-corrected chi connectivity index (χ0v) is 10.6. The van der Waals surface area contributed by atoms with Crippen molar-refractivity contribution in [1.29, 1.82) is 0 Å². The van der Waals surface area contributed by atoms with E-state index in [0.717, 1.165) is 0 Å². The highest BCUT2D eigenvalue weighted by atomic mass is 32.2. The SMILES string of the molecule is CSC(C)C(=O)N(C)CC(C)(C)CN. The van der Waals surface area contributed by atoms with Crippen molar-refractivity contribution >= 4 is 17.7 Å². The number of hydrogen-bond donors (Lipinski definition) is 1. The third kappa shape index (κ3) is 4.33. The van der Waals surface area contributed by atoms with Gasteiger partial charge in [0, 0.05) is 13.6 Å². The monoisotopic (exact) mass is 218 g/mol. The maximum Gasteiger partial charge on any atom is 0.235 e. The van der Waals surface area contributed by atoms with Crippen LogP contribution in [-0.4, -0.2) is 42.4 Å². The molecule has 0 spiro atoms. The van der Waals surface area contributed by atoms with Crippen LogP contribution in [0, 0.1) is 5.41 Å². The lowest BCUT2D eigenvalue weighted by molar-refractivity contribution is -0.130. The fraction of sp³-hybridized carbons (Fsp3) is 0.900. The van der Waals surface area contributed by atoms with E-state index in [1.54, 1.807) is 16.7 Å². The molecule has 0 heterocycles. The van der Waals surface area contributed by atoms with Gasteiger partial charge in [0.25, 0.3) is 0 Å². The minimum atomic E-state index is 0.00252. The summed E-state index contributed by atoms with van der Waals surface area (Å²) in [5.74, 6) is 0.180. The second-order valence-corrected chi connectivity index (χ2v) is 5.62. The average Bonchev–Trinajstić information content (AvgIpc) is 2.14. The van der Waals surface area contributed by atoms with Crippen molar-refractivity contribution in [2.24, 2.45) is 11.1 Å². The summed E-state index contributed by atoms with van der Waals surface area (Å²) in [5.41, 5.74) is 5.62. The highest BCUT2D eigenvalue weighted by Gasteiger charge is 2.23. The summed E-state index contributed by atoms with van der Waals surface area (Å²) >= 11 is 1.57. The standard InChI is InChI=1S/C10H22N2OS/c1-8(14-5)9(13)12(4)7-10(2,3)6-11/h8H,6-7,11H2,1-5H3. The smallest absolute Gasteiger partial charge is 0.235 e. The van der Waals surface area contributed by atoms with E-state index >= 15 is 0 Å². The van der Waals surface area contributed by atoms with Crippen LogP contribution in [0.1, 0.15) is 20.8 Å². The Hall–Kier alpha value is -0.220. The molecule has 0 aliphatic rings. The Labute approximate surface area is 91.4 Å². The van der Waals surface area contributed by atoms with Crippen LogP contribution in [0.4, 0.5) is 0 Å². The third-order valence-electron chi connectivity index (χ3n) is 2.30. The molecule has 4 heteroatoms. The van der Waals surface area contributed by atoms with Gasteiger partial charge in [-0.05, 0) is 25.1 Å². The molecule has 1 atom stereocenters. The molecule has 0 saturated heterocycles. The minimum absolute atomic E-state index is 0.00252. The minimum Gasteiger partial charge on any atom is -0.344 e. The van der Waals surface area contributed by atoms with Crippen molar-refractivity contribution in [3.05, 3.63) is 0 Å². The van der Waals surface area contributed by atoms with Crippen LogP contribution in [-0.2, 0) is 4.79 Å². The first-order valence-corrected chi connectivity index (χ1v) is 6.10. The molecule has 3 nitrogen and oxygen atoms in total. The summed E-state index contributed by atoms with van der Waals surface area (Å²) in [6.45, 7) is 7.38. The highest BCUT2D eigenvalue weighted by Crippen LogP contribution is 2.16. The molecule has 1 unspecified atom stereocenters. The summed E-state index contributed by atoms with van der Waals surface area (Å²) in [6, 6.07) is 0. The Morgan fingerprint density at radius 2 is 2.07 bits per heavy atom. The predicted molar refractivity (Wildman–Crippen MR) is 63.4 cm³/mol. The molecular formula is C10H22N2OS. The van der Waals surface area contributed by atoms with Crippen molar-refractivity contribution in [1.82, 2.24) is 4.90 Å². The predicted octanol–water partition coefficient (Wildman–Crippen LogP) is 1.18. The molecule has 0 bridgehead atoms. The number of carbonyl (C=O) groups excluding carboxylic acids is 1. The van der Waals surface area contributed by atoms with E-state index in [-0.39, 0.29) is 16.6 Å². The van der Waals surface area contributed by atoms with Crippen LogP contribution in [0.3, 0.4) is 0 Å². The summed E-state index contributed by atoms with van der Waals surface area (Å²) in [7, 11) is 1.84. The van der Waals surface area contributed by atoms with Crippen molar-refractivity contribution < 1.29 is 4.79 Å². The van der Waals surface area contributed by atoms with Gasteiger partial charge in [0.15, 0.2) is 0 Å². The number of nitrogens with two attached hydrogens (primary N) is 1. The van der Waals surface area contributed by atoms with Crippen LogP contribution in [0.2, 0.25) is 0 Å². The largest absolute Gasteiger partial charge is 0.344 e. The molecule has 1 amide bonds. The van der Waals surface area contributed by atoms with Gasteiger partial charge in [-0.2, -0.15) is 11.8 Å². The normalized spacial score (nSPS) is 13.9. The number of carbonyl (C=O) groups is 1. The molecular weight excluding hydrogens is 196 g/mol. The van der Waals surface area contributed by atoms with Crippen LogP contribution < -0.4 is 5.73 Å². The van der Waals surface area contributed by atoms with Gasteiger partial charge < -0.3 is 10.6 Å². The molecule has 0 aliphatic carbocycles. The maximum atomic E-state index is 11.7. The second-order valence-electron chi connectivity index (χ2n) is 4.44. The number of amides is 1. The van der Waals surface area contributed by atoms with Gasteiger partial charge in [0.1, 0.15) is 0 Å². The molecule has 0 aromatic rings. The molecule has 0 aromatic heterocycles. The maximum absolute atomic E-state index is 11.7. The molecule has 84 valence electrons. The van der Waals surface area contributed by atoms with Crippen LogP contribution >= 0.6 is 11.8 Å². The summed E-state index contributed by atoms with van der Waals surface area (Å²) < 4.78 is 0. The molecule has 0 aliphatic heterocycles. The summed E-state index contributed by atoms with van der Waals surface area (Å²) in [6.07, 6.45) is 1.95. The van der Waals surface area contributed by atoms with E-state index in [1.807, 2.05) is 20.2 Å². The van der Waals surface area contributed by atoms with Gasteiger partial charge >= 0.3 is 0 Å². The first kappa shape index (κ1) is 13.8. The second kappa shape index (κ2) is 5.61. The van der Waals surface area contributed by atoms with Gasteiger partial charge in [0.05, 0.1) is 5.25 Å². The number of hydrogen-bond acceptors (Lipinski definition) is 3. The van der Waals surface area contributed by atoms with E-state index in [2.05, 4.69) is 13.8 Å². The van der Waals surface area contributed by atoms with Crippen molar-refractivity contribution in [3.8, 4) is 0 Å². The number of nitrogens with zero attached hydrogens (tertiary/aromatic N) is 1. The van der Waals surface area contributed by atoms with E-state index in [9.17, 15) is 4.79 Å². The van der Waals surface area contributed by atoms with E-state index in [4.69, 9.17) is 5.73 Å². The van der Waals surface area contributed by atoms with E-state index in [0.29, 0.717) is 13.1 Å². The fourth-order valence-corrected chi connectivity index (χ4v) is 1.58. The van der Waals surface area contributed by atoms with Gasteiger partial charge in [-0.15, -0.1) is 0 Å². The molecule has 14 heavy (non-hydrogen) atoms. The molecule has 0 radical (unpaired) electrons. The van der Waals surface area contributed by atoms with Crippen molar-refractivity contribution in [2.45, 2.75) is 26.0 Å². The van der Waals surface area contributed by atoms with E-state index < -0.39 is 0 Å². The van der Waals surface area contributed by atoms with Crippen molar-refractivity contribution in [2.75, 3.05) is 26.4 Å². The first-order chi connectivity index (χ1) is 6.34. The fourth-order valence-electron chi connectivity index (χ4n) is 1.20. The average molecular weight is 218 g/mol. The van der Waals surface area contributed by atoms with Crippen LogP contribution in [0.25, 0.3) is 0 Å². The zero-order chi connectivity index (χ0) is 11.4. The molecule has 0 fully saturated rings. The molecule has 2 N–H and O–H groups in total. The van der Waals surface area contributed by atoms with Gasteiger partial charge in [-0.1, -0.05) is 13.8 Å². The van der Waals surface area contributed by atoms with Gasteiger partial charge in [-0.25, -0.2) is 0 Å². The topological polar surface area (TPSA) is 46.3 Å². The van der Waals surface area contributed by atoms with Crippen molar-refractivity contribution in [3.63, 3.8) is 0 Å². The highest BCUT2D eigenvalue weighted by molar-refractivity contribution is 7.99. The summed E-state index contributed by atoms with van der Waals surface area (Å²) in [5, 5.41) is 0.0357.